The van der Waals surface area contributed by atoms with Gasteiger partial charge in [0.05, 0.1) is 0 Å². The maximum Gasteiger partial charge on any atom is 0.262 e. The highest BCUT2D eigenvalue weighted by molar-refractivity contribution is 6.11. The number of anilines is 4. The van der Waals surface area contributed by atoms with Gasteiger partial charge in [0.2, 0.25) is 5.91 Å². The zero-order chi connectivity index (χ0) is 18.7. The SMILES string of the molecule is NC(=O)c1ccc(C(=O)N(c2ccc(N)cc2)c2ccc(N)cc2)cc1. The van der Waals surface area contributed by atoms with Crippen LogP contribution in [0.25, 0.3) is 0 Å². The Balaban J connectivity index is 2.04. The van der Waals surface area contributed by atoms with E-state index in [0.29, 0.717) is 33.9 Å². The van der Waals surface area contributed by atoms with Gasteiger partial charge in [-0.3, -0.25) is 14.5 Å². The first-order chi connectivity index (χ1) is 12.5. The first kappa shape index (κ1) is 17.0. The summed E-state index contributed by atoms with van der Waals surface area (Å²) in [5.74, 6) is -0.798. The average Bonchev–Trinajstić information content (AvgIpc) is 2.65. The summed E-state index contributed by atoms with van der Waals surface area (Å²) in [5.41, 5.74) is 20.0. The van der Waals surface area contributed by atoms with Crippen molar-refractivity contribution in [3.8, 4) is 0 Å². The molecule has 6 N–H and O–H groups in total. The molecule has 6 heteroatoms. The number of carbonyl (C=O) groups excluding carboxylic acids is 2. The highest BCUT2D eigenvalue weighted by Crippen LogP contribution is 2.29. The summed E-state index contributed by atoms with van der Waals surface area (Å²) in [6.45, 7) is 0. The quantitative estimate of drug-likeness (QED) is 0.630. The van der Waals surface area contributed by atoms with Crippen LogP contribution in [0.15, 0.2) is 72.8 Å². The van der Waals surface area contributed by atoms with Crippen molar-refractivity contribution in [2.75, 3.05) is 16.4 Å². The van der Waals surface area contributed by atoms with E-state index in [2.05, 4.69) is 0 Å². The Morgan fingerprint density at radius 1 is 0.615 bits per heavy atom. The van der Waals surface area contributed by atoms with E-state index in [1.54, 1.807) is 65.6 Å². The maximum atomic E-state index is 13.1. The van der Waals surface area contributed by atoms with Crippen LogP contribution in [0.3, 0.4) is 0 Å². The number of nitrogen functional groups attached to an aromatic ring is 2. The Morgan fingerprint density at radius 3 is 1.38 bits per heavy atom. The molecule has 26 heavy (non-hydrogen) atoms. The fourth-order valence-corrected chi connectivity index (χ4v) is 2.54. The molecule has 0 saturated carbocycles. The Hall–Kier alpha value is -3.80. The van der Waals surface area contributed by atoms with Gasteiger partial charge in [0.15, 0.2) is 0 Å². The predicted molar refractivity (Wildman–Crippen MR) is 103 cm³/mol. The number of nitrogens with two attached hydrogens (primary N) is 3. The lowest BCUT2D eigenvalue weighted by atomic mass is 10.1. The van der Waals surface area contributed by atoms with Crippen molar-refractivity contribution in [3.05, 3.63) is 83.9 Å². The van der Waals surface area contributed by atoms with Gasteiger partial charge in [0.25, 0.3) is 5.91 Å². The van der Waals surface area contributed by atoms with Crippen molar-refractivity contribution >= 4 is 34.6 Å². The second kappa shape index (κ2) is 6.98. The average molecular weight is 346 g/mol. The molecule has 0 unspecified atom stereocenters. The smallest absolute Gasteiger partial charge is 0.262 e. The molecule has 3 aromatic carbocycles. The summed E-state index contributed by atoms with van der Waals surface area (Å²) in [6.07, 6.45) is 0. The lowest BCUT2D eigenvalue weighted by Gasteiger charge is -2.23. The molecule has 0 saturated heterocycles. The molecule has 0 aliphatic heterocycles. The molecule has 0 aliphatic carbocycles. The monoisotopic (exact) mass is 346 g/mol. The molecular weight excluding hydrogens is 328 g/mol. The van der Waals surface area contributed by atoms with Crippen molar-refractivity contribution in [3.63, 3.8) is 0 Å². The van der Waals surface area contributed by atoms with Crippen LogP contribution >= 0.6 is 0 Å². The van der Waals surface area contributed by atoms with E-state index in [9.17, 15) is 9.59 Å². The number of hydrogen-bond donors (Lipinski definition) is 3. The molecule has 0 aromatic heterocycles. The molecule has 0 aliphatic rings. The zero-order valence-electron chi connectivity index (χ0n) is 13.9. The van der Waals surface area contributed by atoms with Crippen LogP contribution < -0.4 is 22.1 Å². The van der Waals surface area contributed by atoms with Crippen LogP contribution in [0, 0.1) is 0 Å². The Morgan fingerprint density at radius 2 is 1.00 bits per heavy atom. The third kappa shape index (κ3) is 3.49. The highest BCUT2D eigenvalue weighted by atomic mass is 16.2. The van der Waals surface area contributed by atoms with E-state index < -0.39 is 5.91 Å². The van der Waals surface area contributed by atoms with Crippen molar-refractivity contribution in [1.29, 1.82) is 0 Å². The minimum Gasteiger partial charge on any atom is -0.399 e. The lowest BCUT2D eigenvalue weighted by molar-refractivity contribution is 0.0988. The predicted octanol–water partition coefficient (Wildman–Crippen LogP) is 2.93. The van der Waals surface area contributed by atoms with Crippen molar-refractivity contribution in [2.45, 2.75) is 0 Å². The van der Waals surface area contributed by atoms with Crippen LogP contribution in [0.2, 0.25) is 0 Å². The summed E-state index contributed by atoms with van der Waals surface area (Å²) >= 11 is 0. The normalized spacial score (nSPS) is 10.3. The van der Waals surface area contributed by atoms with Gasteiger partial charge in [-0.1, -0.05) is 0 Å². The van der Waals surface area contributed by atoms with Gasteiger partial charge in [-0.05, 0) is 72.8 Å². The molecule has 6 nitrogen and oxygen atoms in total. The number of nitrogens with zero attached hydrogens (tertiary/aromatic N) is 1. The van der Waals surface area contributed by atoms with Gasteiger partial charge < -0.3 is 17.2 Å². The van der Waals surface area contributed by atoms with Crippen molar-refractivity contribution < 1.29 is 9.59 Å². The second-order valence-electron chi connectivity index (χ2n) is 5.77. The van der Waals surface area contributed by atoms with Gasteiger partial charge in [-0.25, -0.2) is 0 Å². The molecule has 3 aromatic rings. The van der Waals surface area contributed by atoms with Gasteiger partial charge in [0.1, 0.15) is 0 Å². The number of rotatable bonds is 4. The Kier molecular flexibility index (Phi) is 4.57. The van der Waals surface area contributed by atoms with E-state index in [1.807, 2.05) is 0 Å². The van der Waals surface area contributed by atoms with Crippen LogP contribution in [-0.2, 0) is 0 Å². The fraction of sp³-hybridized carbons (Fsp3) is 0. The van der Waals surface area contributed by atoms with E-state index in [-0.39, 0.29) is 5.91 Å². The number of primary amides is 1. The van der Waals surface area contributed by atoms with Crippen molar-refractivity contribution in [2.24, 2.45) is 5.73 Å². The van der Waals surface area contributed by atoms with E-state index in [0.717, 1.165) is 0 Å². The molecule has 0 radical (unpaired) electrons. The molecule has 3 rings (SSSR count). The van der Waals surface area contributed by atoms with Crippen molar-refractivity contribution in [1.82, 2.24) is 0 Å². The molecule has 0 spiro atoms. The van der Waals surface area contributed by atoms with Gasteiger partial charge in [0, 0.05) is 33.9 Å². The van der Waals surface area contributed by atoms with Crippen LogP contribution in [0.1, 0.15) is 20.7 Å². The summed E-state index contributed by atoms with van der Waals surface area (Å²) in [7, 11) is 0. The highest BCUT2D eigenvalue weighted by Gasteiger charge is 2.20. The topological polar surface area (TPSA) is 115 Å². The summed E-state index contributed by atoms with van der Waals surface area (Å²) in [4.78, 5) is 25.9. The van der Waals surface area contributed by atoms with Crippen LogP contribution in [0.5, 0.6) is 0 Å². The maximum absolute atomic E-state index is 13.1. The van der Waals surface area contributed by atoms with Gasteiger partial charge in [-0.2, -0.15) is 0 Å². The van der Waals surface area contributed by atoms with Crippen LogP contribution in [-0.4, -0.2) is 11.8 Å². The third-order valence-corrected chi connectivity index (χ3v) is 3.92. The molecule has 0 atom stereocenters. The minimum atomic E-state index is -0.544. The van der Waals surface area contributed by atoms with Gasteiger partial charge in [-0.15, -0.1) is 0 Å². The van der Waals surface area contributed by atoms with E-state index >= 15 is 0 Å². The largest absolute Gasteiger partial charge is 0.399 e. The number of hydrogen-bond acceptors (Lipinski definition) is 4. The molecular formula is C20H18N4O2. The lowest BCUT2D eigenvalue weighted by Crippen LogP contribution is -2.26. The summed E-state index contributed by atoms with van der Waals surface area (Å²) in [6, 6.07) is 20.2. The number of carbonyl (C=O) groups is 2. The summed E-state index contributed by atoms with van der Waals surface area (Å²) < 4.78 is 0. The van der Waals surface area contributed by atoms with E-state index in [1.165, 1.54) is 12.1 Å². The summed E-state index contributed by atoms with van der Waals surface area (Å²) in [5, 5.41) is 0. The minimum absolute atomic E-state index is 0.254. The van der Waals surface area contributed by atoms with E-state index in [4.69, 9.17) is 17.2 Å². The molecule has 2 amide bonds. The second-order valence-corrected chi connectivity index (χ2v) is 5.77. The first-order valence-electron chi connectivity index (χ1n) is 7.91. The third-order valence-electron chi connectivity index (χ3n) is 3.92. The number of amides is 2. The fourth-order valence-electron chi connectivity index (χ4n) is 2.54. The standard InChI is InChI=1S/C20H18N4O2/c21-15-5-9-17(10-6-15)24(18-11-7-16(22)8-12-18)20(26)14-3-1-13(2-4-14)19(23)25/h1-12H,21-22H2,(H2,23,25). The zero-order valence-corrected chi connectivity index (χ0v) is 13.9. The molecule has 130 valence electrons. The number of benzene rings is 3. The molecule has 0 bridgehead atoms. The Bertz CT molecular complexity index is 888. The molecule has 0 fully saturated rings. The first-order valence-corrected chi connectivity index (χ1v) is 7.91. The van der Waals surface area contributed by atoms with Crippen LogP contribution in [0.4, 0.5) is 22.7 Å². The Labute approximate surface area is 150 Å². The molecule has 0 heterocycles. The van der Waals surface area contributed by atoms with Gasteiger partial charge >= 0.3 is 0 Å².